The molecule has 1 aromatic rings. The van der Waals surface area contributed by atoms with Crippen LogP contribution in [0.1, 0.15) is 38.4 Å². The minimum Gasteiger partial charge on any atom is -0.330 e. The van der Waals surface area contributed by atoms with Gasteiger partial charge in [0.05, 0.1) is 5.69 Å². The van der Waals surface area contributed by atoms with Crippen molar-refractivity contribution in [2.45, 2.75) is 39.3 Å². The van der Waals surface area contributed by atoms with Gasteiger partial charge in [-0.1, -0.05) is 0 Å². The zero-order valence-corrected chi connectivity index (χ0v) is 12.2. The zero-order valence-electron chi connectivity index (χ0n) is 11.4. The first-order valence-electron chi connectivity index (χ1n) is 6.65. The summed E-state index contributed by atoms with van der Waals surface area (Å²) < 4.78 is 2.03. The maximum Gasteiger partial charge on any atom is 0.0764 e. The van der Waals surface area contributed by atoms with Crippen molar-refractivity contribution in [3.05, 3.63) is 18.0 Å². The van der Waals surface area contributed by atoms with Gasteiger partial charge in [-0.15, -0.1) is 12.4 Å². The van der Waals surface area contributed by atoms with Crippen molar-refractivity contribution in [1.29, 1.82) is 0 Å². The maximum absolute atomic E-state index is 5.76. The summed E-state index contributed by atoms with van der Waals surface area (Å²) in [5, 5.41) is 4.60. The van der Waals surface area contributed by atoms with E-state index >= 15 is 0 Å². The summed E-state index contributed by atoms with van der Waals surface area (Å²) in [5.74, 6) is 0.677. The molecule has 1 unspecified atom stereocenters. The van der Waals surface area contributed by atoms with E-state index in [1.807, 2.05) is 4.68 Å². The number of hydrogen-bond donors (Lipinski definition) is 1. The van der Waals surface area contributed by atoms with E-state index in [0.717, 1.165) is 19.6 Å². The molecule has 1 saturated heterocycles. The largest absolute Gasteiger partial charge is 0.330 e. The molecule has 1 atom stereocenters. The summed E-state index contributed by atoms with van der Waals surface area (Å²) in [5.41, 5.74) is 6.93. The Bertz CT molecular complexity index is 351. The van der Waals surface area contributed by atoms with Gasteiger partial charge in [-0.3, -0.25) is 9.58 Å². The standard InChI is InChI=1S/C13H24N4.ClH/c1-11(2)17-7-5-13(15-17)10-16-6-3-4-12(8-14)9-16;/h5,7,11-12H,3-4,6,8-10,14H2,1-2H3;1H. The van der Waals surface area contributed by atoms with Gasteiger partial charge in [0.1, 0.15) is 0 Å². The minimum atomic E-state index is 0. The topological polar surface area (TPSA) is 47.1 Å². The Morgan fingerprint density at radius 3 is 2.89 bits per heavy atom. The molecular formula is C13H25ClN4. The van der Waals surface area contributed by atoms with E-state index in [0.29, 0.717) is 12.0 Å². The number of piperidine rings is 1. The molecule has 4 nitrogen and oxygen atoms in total. The third-order valence-electron chi connectivity index (χ3n) is 3.51. The number of rotatable bonds is 4. The van der Waals surface area contributed by atoms with Gasteiger partial charge in [0.15, 0.2) is 0 Å². The number of aromatic nitrogens is 2. The summed E-state index contributed by atoms with van der Waals surface area (Å²) in [6, 6.07) is 2.58. The summed E-state index contributed by atoms with van der Waals surface area (Å²) in [6.45, 7) is 8.41. The van der Waals surface area contributed by atoms with E-state index in [4.69, 9.17) is 5.73 Å². The quantitative estimate of drug-likeness (QED) is 0.913. The molecule has 1 aliphatic rings. The Morgan fingerprint density at radius 2 is 2.28 bits per heavy atom. The van der Waals surface area contributed by atoms with Crippen LogP contribution in [0.5, 0.6) is 0 Å². The third-order valence-corrected chi connectivity index (χ3v) is 3.51. The Labute approximate surface area is 116 Å². The molecule has 1 aromatic heterocycles. The van der Waals surface area contributed by atoms with Gasteiger partial charge in [0.2, 0.25) is 0 Å². The number of nitrogens with two attached hydrogens (primary N) is 1. The predicted molar refractivity (Wildman–Crippen MR) is 76.9 cm³/mol. The van der Waals surface area contributed by atoms with Crippen molar-refractivity contribution >= 4 is 12.4 Å². The highest BCUT2D eigenvalue weighted by molar-refractivity contribution is 5.85. The van der Waals surface area contributed by atoms with Crippen molar-refractivity contribution in [2.24, 2.45) is 11.7 Å². The highest BCUT2D eigenvalue weighted by atomic mass is 35.5. The predicted octanol–water partition coefficient (Wildman–Crippen LogP) is 2.06. The molecule has 2 rings (SSSR count). The van der Waals surface area contributed by atoms with E-state index in [1.54, 1.807) is 0 Å². The van der Waals surface area contributed by atoms with Crippen LogP contribution < -0.4 is 5.73 Å². The Kier molecular flexibility index (Phi) is 6.12. The van der Waals surface area contributed by atoms with Crippen LogP contribution >= 0.6 is 12.4 Å². The van der Waals surface area contributed by atoms with E-state index in [2.05, 4.69) is 36.1 Å². The summed E-state index contributed by atoms with van der Waals surface area (Å²) in [7, 11) is 0. The van der Waals surface area contributed by atoms with Gasteiger partial charge in [-0.05, 0) is 51.8 Å². The van der Waals surface area contributed by atoms with Crippen LogP contribution in [0, 0.1) is 5.92 Å². The Hall–Kier alpha value is -0.580. The normalized spacial score (nSPS) is 21.0. The van der Waals surface area contributed by atoms with E-state index in [1.165, 1.54) is 25.1 Å². The highest BCUT2D eigenvalue weighted by Gasteiger charge is 2.19. The summed E-state index contributed by atoms with van der Waals surface area (Å²) >= 11 is 0. The average molecular weight is 273 g/mol. The van der Waals surface area contributed by atoms with Crippen LogP contribution in [-0.2, 0) is 6.54 Å². The second-order valence-corrected chi connectivity index (χ2v) is 5.36. The highest BCUT2D eigenvalue weighted by Crippen LogP contribution is 2.17. The van der Waals surface area contributed by atoms with Gasteiger partial charge in [-0.25, -0.2) is 0 Å². The van der Waals surface area contributed by atoms with Crippen LogP contribution in [0.15, 0.2) is 12.3 Å². The lowest BCUT2D eigenvalue weighted by molar-refractivity contribution is 0.169. The van der Waals surface area contributed by atoms with Crippen LogP contribution in [0.25, 0.3) is 0 Å². The smallest absolute Gasteiger partial charge is 0.0764 e. The monoisotopic (exact) mass is 272 g/mol. The third kappa shape index (κ3) is 3.97. The van der Waals surface area contributed by atoms with Gasteiger partial charge in [0, 0.05) is 25.3 Å². The molecule has 1 aliphatic heterocycles. The zero-order chi connectivity index (χ0) is 12.3. The van der Waals surface area contributed by atoms with Gasteiger partial charge in [-0.2, -0.15) is 5.10 Å². The van der Waals surface area contributed by atoms with Crippen LogP contribution in [0.3, 0.4) is 0 Å². The van der Waals surface area contributed by atoms with Crippen LogP contribution in [0.4, 0.5) is 0 Å². The minimum absolute atomic E-state index is 0. The van der Waals surface area contributed by atoms with E-state index < -0.39 is 0 Å². The molecule has 18 heavy (non-hydrogen) atoms. The maximum atomic E-state index is 5.76. The molecule has 2 N–H and O–H groups in total. The molecule has 0 bridgehead atoms. The molecule has 2 heterocycles. The van der Waals surface area contributed by atoms with Crippen molar-refractivity contribution in [1.82, 2.24) is 14.7 Å². The molecule has 0 spiro atoms. The summed E-state index contributed by atoms with van der Waals surface area (Å²) in [6.07, 6.45) is 4.63. The fraction of sp³-hybridized carbons (Fsp3) is 0.769. The SMILES string of the molecule is CC(C)n1ccc(CN2CCCC(CN)C2)n1.Cl. The lowest BCUT2D eigenvalue weighted by Gasteiger charge is -2.31. The van der Waals surface area contributed by atoms with Gasteiger partial charge < -0.3 is 5.73 Å². The van der Waals surface area contributed by atoms with Crippen molar-refractivity contribution < 1.29 is 0 Å². The molecule has 0 saturated carbocycles. The van der Waals surface area contributed by atoms with E-state index in [9.17, 15) is 0 Å². The van der Waals surface area contributed by atoms with E-state index in [-0.39, 0.29) is 12.4 Å². The molecule has 0 aliphatic carbocycles. The molecule has 0 amide bonds. The fourth-order valence-corrected chi connectivity index (χ4v) is 2.47. The van der Waals surface area contributed by atoms with Gasteiger partial charge in [0.25, 0.3) is 0 Å². The molecule has 104 valence electrons. The molecule has 5 heteroatoms. The van der Waals surface area contributed by atoms with Gasteiger partial charge >= 0.3 is 0 Å². The fourth-order valence-electron chi connectivity index (χ4n) is 2.47. The van der Waals surface area contributed by atoms with Crippen molar-refractivity contribution in [3.63, 3.8) is 0 Å². The Balaban J connectivity index is 0.00000162. The van der Waals surface area contributed by atoms with Crippen LogP contribution in [0.2, 0.25) is 0 Å². The number of likely N-dealkylation sites (tertiary alicyclic amines) is 1. The van der Waals surface area contributed by atoms with Crippen molar-refractivity contribution in [2.75, 3.05) is 19.6 Å². The molecule has 0 aromatic carbocycles. The second kappa shape index (κ2) is 7.12. The van der Waals surface area contributed by atoms with Crippen molar-refractivity contribution in [3.8, 4) is 0 Å². The lowest BCUT2D eigenvalue weighted by atomic mass is 9.98. The number of hydrogen-bond acceptors (Lipinski definition) is 3. The number of halogens is 1. The van der Waals surface area contributed by atoms with Crippen LogP contribution in [-0.4, -0.2) is 34.3 Å². The Morgan fingerprint density at radius 1 is 1.50 bits per heavy atom. The summed E-state index contributed by atoms with van der Waals surface area (Å²) in [4.78, 5) is 2.48. The lowest BCUT2D eigenvalue weighted by Crippen LogP contribution is -2.37. The number of nitrogens with zero attached hydrogens (tertiary/aromatic N) is 3. The first-order valence-corrected chi connectivity index (χ1v) is 6.65. The first-order chi connectivity index (χ1) is 8.19. The molecular weight excluding hydrogens is 248 g/mol. The average Bonchev–Trinajstić information content (AvgIpc) is 2.78. The second-order valence-electron chi connectivity index (χ2n) is 5.36. The molecule has 1 fully saturated rings. The molecule has 0 radical (unpaired) electrons. The first kappa shape index (κ1) is 15.5.